The van der Waals surface area contributed by atoms with E-state index < -0.39 is 58.2 Å². The molecule has 382 valence electrons. The van der Waals surface area contributed by atoms with Gasteiger partial charge in [-0.3, -0.25) is 0 Å². The number of rotatable bonds is 11. The third-order valence-electron chi connectivity index (χ3n) is 16.1. The lowest BCUT2D eigenvalue weighted by atomic mass is 9.70. The Morgan fingerprint density at radius 1 is 0.541 bits per heavy atom. The Kier molecular flexibility index (Phi) is 13.0. The number of aliphatic hydroxyl groups is 2. The summed E-state index contributed by atoms with van der Waals surface area (Å²) in [6.07, 6.45) is 11.2. The van der Waals surface area contributed by atoms with E-state index in [4.69, 9.17) is 28.4 Å². The molecule has 4 aromatic rings. The molecule has 74 heavy (non-hydrogen) atoms. The molecule has 0 radical (unpaired) electrons. The van der Waals surface area contributed by atoms with E-state index in [0.29, 0.717) is 75.6 Å². The monoisotopic (exact) mass is 1000 g/mol. The molecule has 2 saturated carbocycles. The highest BCUT2D eigenvalue weighted by Gasteiger charge is 2.52. The molecule has 2 fully saturated rings. The van der Waals surface area contributed by atoms with Crippen LogP contribution < -0.4 is 0 Å². The van der Waals surface area contributed by atoms with Crippen LogP contribution >= 0.6 is 0 Å². The molecule has 2 N–H and O–H groups in total. The van der Waals surface area contributed by atoms with E-state index in [1.54, 1.807) is 36.4 Å². The number of ether oxygens (including phenoxy) is 6. The number of nitrogens with zero attached hydrogens (tertiary/aromatic N) is 2. The number of hydrogen-bond acceptors (Lipinski definition) is 12. The Hall–Kier alpha value is -7.74. The smallest absolute Gasteiger partial charge is 0.348 e. The standard InChI is InChI=1S/C60H60N2O12/c1-57(2)45-11-7-9-13-47(45)61(35-37-15-19-41(20-16-37)51(63)69-5)49(57)25-23-43-53(65)71-59(72-54(43)66)31-27-39(28-32-59)40-29-33-60(34-30-40)73-55(67)44(56(68)74-60)24-26-50-58(3,4)46-12-8-10-14-48(46)62(50)36-38-17-21-42(22-18-38)52(64)70-6/h7-26,39-40H,27-36H2,1-6H3/p+2. The largest absolute Gasteiger partial charge is 0.480 e. The minimum Gasteiger partial charge on any atom is -0.480 e. The van der Waals surface area contributed by atoms with Crippen LogP contribution in [0.5, 0.6) is 0 Å². The summed E-state index contributed by atoms with van der Waals surface area (Å²) in [6.45, 7) is 9.44. The van der Waals surface area contributed by atoms with E-state index >= 15 is 0 Å². The van der Waals surface area contributed by atoms with Gasteiger partial charge >= 0.3 is 23.9 Å². The maximum Gasteiger partial charge on any atom is 0.348 e. The summed E-state index contributed by atoms with van der Waals surface area (Å²) in [4.78, 5) is 51.7. The van der Waals surface area contributed by atoms with E-state index in [9.17, 15) is 29.4 Å². The second-order valence-corrected chi connectivity index (χ2v) is 21.2. The number of fused-ring (bicyclic) bond motifs is 2. The number of allylic oxidation sites excluding steroid dienone is 2. The normalized spacial score (nSPS) is 25.0. The lowest BCUT2D eigenvalue weighted by molar-refractivity contribution is -0.455. The molecular formula is C60H62N2O12+2. The third kappa shape index (κ3) is 9.08. The van der Waals surface area contributed by atoms with Gasteiger partial charge in [0, 0.05) is 72.2 Å². The number of hydrogen-bond donors (Lipinski definition) is 2. The van der Waals surface area contributed by atoms with Gasteiger partial charge in [-0.15, -0.1) is 0 Å². The number of aliphatic hydroxyl groups excluding tert-OH is 2. The highest BCUT2D eigenvalue weighted by atomic mass is 16.8. The van der Waals surface area contributed by atoms with Crippen LogP contribution in [0.3, 0.4) is 0 Å². The predicted molar refractivity (Wildman–Crippen MR) is 273 cm³/mol. The Labute approximate surface area is 430 Å². The van der Waals surface area contributed by atoms with Gasteiger partial charge in [0.25, 0.3) is 23.5 Å². The number of methoxy groups -OCH3 is 2. The van der Waals surface area contributed by atoms with Crippen LogP contribution in [0.1, 0.15) is 122 Å². The van der Waals surface area contributed by atoms with Gasteiger partial charge in [-0.1, -0.05) is 60.7 Å². The van der Waals surface area contributed by atoms with Crippen molar-refractivity contribution in [1.82, 2.24) is 0 Å². The molecule has 14 nitrogen and oxygen atoms in total. The molecule has 0 bridgehead atoms. The SMILES string of the molecule is COC(=O)c1ccc(C[N+]2=C(/C=C/C3=C(O)OC4(CCC(C5CCC6(CC5)OC(=O)C(/C=C/C5=[N+](Cc7ccc(C(=O)OC)cc7)c7ccccc7C5(C)C)=C(O)O6)CC4)OC3=O)C(C)(C)c3ccccc32)cc1. The first-order chi connectivity index (χ1) is 35.4. The summed E-state index contributed by atoms with van der Waals surface area (Å²) in [7, 11) is 2.71. The van der Waals surface area contributed by atoms with Crippen molar-refractivity contribution in [2.45, 2.75) is 115 Å². The summed E-state index contributed by atoms with van der Waals surface area (Å²) in [5.74, 6) is -5.09. The van der Waals surface area contributed by atoms with Crippen molar-refractivity contribution in [3.05, 3.63) is 178 Å². The fourth-order valence-corrected chi connectivity index (χ4v) is 12.0. The molecule has 4 aliphatic heterocycles. The number of carbonyl (C=O) groups is 4. The lowest BCUT2D eigenvalue weighted by Gasteiger charge is -2.46. The maximum atomic E-state index is 13.7. The molecule has 6 aliphatic rings. The van der Waals surface area contributed by atoms with Crippen molar-refractivity contribution in [2.24, 2.45) is 11.8 Å². The van der Waals surface area contributed by atoms with Crippen LogP contribution in [-0.2, 0) is 61.9 Å². The number of carbonyl (C=O) groups excluding carboxylic acids is 4. The zero-order valence-corrected chi connectivity index (χ0v) is 42.6. The Balaban J connectivity index is 0.781. The molecule has 14 heteroatoms. The maximum absolute atomic E-state index is 13.7. The first-order valence-electron chi connectivity index (χ1n) is 25.4. The van der Waals surface area contributed by atoms with Gasteiger partial charge in [0.1, 0.15) is 11.1 Å². The second-order valence-electron chi connectivity index (χ2n) is 21.2. The van der Waals surface area contributed by atoms with Gasteiger partial charge in [0.05, 0.1) is 36.2 Å². The van der Waals surface area contributed by atoms with Crippen molar-refractivity contribution < 1.29 is 67.0 Å². The number of esters is 4. The lowest BCUT2D eigenvalue weighted by Crippen LogP contribution is -2.48. The first kappa shape index (κ1) is 49.8. The molecule has 2 spiro atoms. The van der Waals surface area contributed by atoms with Gasteiger partial charge in [0.2, 0.25) is 11.4 Å². The molecule has 4 aromatic carbocycles. The Morgan fingerprint density at radius 3 is 1.23 bits per heavy atom. The Morgan fingerprint density at radius 2 is 0.892 bits per heavy atom. The van der Waals surface area contributed by atoms with Gasteiger partial charge < -0.3 is 38.6 Å². The van der Waals surface area contributed by atoms with Crippen LogP contribution in [0.25, 0.3) is 0 Å². The summed E-state index contributed by atoms with van der Waals surface area (Å²) < 4.78 is 38.4. The van der Waals surface area contributed by atoms with Crippen molar-refractivity contribution in [3.8, 4) is 0 Å². The van der Waals surface area contributed by atoms with Gasteiger partial charge in [-0.05, 0) is 102 Å². The summed E-state index contributed by atoms with van der Waals surface area (Å²) in [6, 6.07) is 30.8. The fourth-order valence-electron chi connectivity index (χ4n) is 12.0. The number of benzene rings is 4. The first-order valence-corrected chi connectivity index (χ1v) is 25.4. The molecule has 2 aliphatic carbocycles. The van der Waals surface area contributed by atoms with Crippen molar-refractivity contribution >= 4 is 46.7 Å². The van der Waals surface area contributed by atoms with Gasteiger partial charge in [0.15, 0.2) is 24.5 Å². The summed E-state index contributed by atoms with van der Waals surface area (Å²) in [5.41, 5.74) is 7.86. The molecule has 0 aromatic heterocycles. The van der Waals surface area contributed by atoms with Gasteiger partial charge in [-0.2, -0.15) is 9.15 Å². The van der Waals surface area contributed by atoms with Crippen molar-refractivity contribution in [3.63, 3.8) is 0 Å². The minimum absolute atomic E-state index is 0.0653. The third-order valence-corrected chi connectivity index (χ3v) is 16.1. The quantitative estimate of drug-likeness (QED) is 0.0829. The summed E-state index contributed by atoms with van der Waals surface area (Å²) in [5, 5.41) is 22.7. The van der Waals surface area contributed by atoms with Crippen molar-refractivity contribution in [2.75, 3.05) is 14.2 Å². The van der Waals surface area contributed by atoms with E-state index in [-0.39, 0.29) is 23.0 Å². The Bertz CT molecular complexity index is 2920. The highest BCUT2D eigenvalue weighted by molar-refractivity contribution is 6.06. The zero-order chi connectivity index (χ0) is 52.2. The molecule has 4 heterocycles. The van der Waals surface area contributed by atoms with Gasteiger partial charge in [-0.25, -0.2) is 19.2 Å². The highest BCUT2D eigenvalue weighted by Crippen LogP contribution is 2.49. The molecule has 0 amide bonds. The fraction of sp³-hybridized carbons (Fsp3) is 0.367. The average Bonchev–Trinajstić information content (AvgIpc) is 3.73. The van der Waals surface area contributed by atoms with Crippen LogP contribution in [0.2, 0.25) is 0 Å². The average molecular weight is 1000 g/mol. The topological polar surface area (TPSA) is 170 Å². The van der Waals surface area contributed by atoms with E-state index in [2.05, 4.69) is 61.1 Å². The van der Waals surface area contributed by atoms with E-state index in [0.717, 1.165) is 45.1 Å². The van der Waals surface area contributed by atoms with Crippen LogP contribution in [0, 0.1) is 11.8 Å². The number of para-hydroxylation sites is 2. The van der Waals surface area contributed by atoms with Crippen LogP contribution in [0.15, 0.2) is 144 Å². The zero-order valence-electron chi connectivity index (χ0n) is 42.6. The van der Waals surface area contributed by atoms with Crippen LogP contribution in [0.4, 0.5) is 11.4 Å². The van der Waals surface area contributed by atoms with E-state index in [1.165, 1.54) is 14.2 Å². The van der Waals surface area contributed by atoms with Crippen molar-refractivity contribution in [1.29, 1.82) is 0 Å². The minimum atomic E-state index is -1.28. The molecular weight excluding hydrogens is 941 g/mol. The van der Waals surface area contributed by atoms with Crippen LogP contribution in [-0.4, -0.2) is 80.5 Å². The molecule has 0 saturated heterocycles. The second kappa shape index (κ2) is 19.3. The molecule has 10 rings (SSSR count). The summed E-state index contributed by atoms with van der Waals surface area (Å²) >= 11 is 0. The molecule has 0 unspecified atom stereocenters. The molecule has 0 atom stereocenters. The predicted octanol–water partition coefficient (Wildman–Crippen LogP) is 10.7. The van der Waals surface area contributed by atoms with E-state index in [1.807, 2.05) is 60.7 Å².